The summed E-state index contributed by atoms with van der Waals surface area (Å²) in [4.78, 5) is 49.6. The van der Waals surface area contributed by atoms with Crippen LogP contribution in [0.3, 0.4) is 0 Å². The molecule has 1 fully saturated rings. The maximum atomic E-state index is 13.0. The molecule has 2 unspecified atom stereocenters. The lowest BCUT2D eigenvalue weighted by Gasteiger charge is -2.43. The van der Waals surface area contributed by atoms with E-state index >= 15 is 0 Å². The lowest BCUT2D eigenvalue weighted by Crippen LogP contribution is -2.54. The topological polar surface area (TPSA) is 102 Å². The van der Waals surface area contributed by atoms with Gasteiger partial charge in [-0.2, -0.15) is 0 Å². The molecule has 2 atom stereocenters. The molecule has 0 heterocycles. The maximum absolute atomic E-state index is 13.0. The first-order valence-corrected chi connectivity index (χ1v) is 9.70. The van der Waals surface area contributed by atoms with Crippen LogP contribution in [0.25, 0.3) is 0 Å². The molecule has 2 rings (SSSR count). The second-order valence-corrected chi connectivity index (χ2v) is 7.35. The van der Waals surface area contributed by atoms with Crippen molar-refractivity contribution in [3.8, 4) is 0 Å². The Labute approximate surface area is 174 Å². The zero-order valence-electron chi connectivity index (χ0n) is 16.7. The minimum Gasteiger partial charge on any atom is -0.426 e. The van der Waals surface area contributed by atoms with Gasteiger partial charge in [-0.15, -0.1) is 0 Å². The van der Waals surface area contributed by atoms with Crippen molar-refractivity contribution in [1.82, 2.24) is 10.2 Å². The van der Waals surface area contributed by atoms with Gasteiger partial charge in [0.15, 0.2) is 5.78 Å². The van der Waals surface area contributed by atoms with Crippen molar-refractivity contribution in [2.45, 2.75) is 51.1 Å². The molecule has 2 amide bonds. The third kappa shape index (κ3) is 5.06. The third-order valence-corrected chi connectivity index (χ3v) is 5.31. The highest BCUT2D eigenvalue weighted by Crippen LogP contribution is 2.42. The number of benzene rings is 1. The summed E-state index contributed by atoms with van der Waals surface area (Å²) < 4.78 is 9.92. The van der Waals surface area contributed by atoms with Crippen LogP contribution < -0.4 is 5.32 Å². The van der Waals surface area contributed by atoms with Crippen molar-refractivity contribution < 1.29 is 28.7 Å². The van der Waals surface area contributed by atoms with Crippen LogP contribution in [0.15, 0.2) is 24.3 Å². The Morgan fingerprint density at radius 2 is 1.93 bits per heavy atom. The first kappa shape index (κ1) is 22.7. The van der Waals surface area contributed by atoms with Gasteiger partial charge in [-0.25, -0.2) is 9.59 Å². The lowest BCUT2D eigenvalue weighted by molar-refractivity contribution is -0.156. The third-order valence-electron chi connectivity index (χ3n) is 4.98. The number of hydrogen-bond acceptors (Lipinski definition) is 6. The van der Waals surface area contributed by atoms with Gasteiger partial charge in [0, 0.05) is 31.0 Å². The minimum atomic E-state index is -1.23. The van der Waals surface area contributed by atoms with E-state index in [0.717, 1.165) is 12.8 Å². The summed E-state index contributed by atoms with van der Waals surface area (Å²) in [5, 5.41) is 2.76. The van der Waals surface area contributed by atoms with Crippen molar-refractivity contribution in [2.24, 2.45) is 0 Å². The summed E-state index contributed by atoms with van der Waals surface area (Å²) in [5.74, 6) is -1.25. The van der Waals surface area contributed by atoms with Gasteiger partial charge in [-0.1, -0.05) is 29.8 Å². The predicted octanol–water partition coefficient (Wildman–Crippen LogP) is 2.77. The second-order valence-electron chi connectivity index (χ2n) is 6.94. The van der Waals surface area contributed by atoms with Gasteiger partial charge in [0.2, 0.25) is 12.7 Å². The first-order chi connectivity index (χ1) is 13.7. The van der Waals surface area contributed by atoms with Crippen LogP contribution in [0, 0.1) is 0 Å². The number of amides is 2. The highest BCUT2D eigenvalue weighted by molar-refractivity contribution is 6.31. The van der Waals surface area contributed by atoms with Crippen molar-refractivity contribution in [2.75, 3.05) is 13.8 Å². The average Bonchev–Trinajstić information content (AvgIpc) is 2.67. The first-order valence-electron chi connectivity index (χ1n) is 9.32. The van der Waals surface area contributed by atoms with Crippen molar-refractivity contribution in [3.05, 3.63) is 34.9 Å². The molecule has 0 aromatic heterocycles. The fraction of sp³-hybridized carbons (Fsp3) is 0.500. The lowest BCUT2D eigenvalue weighted by atomic mass is 9.74. The minimum absolute atomic E-state index is 0.118. The Hall–Kier alpha value is -2.61. The summed E-state index contributed by atoms with van der Waals surface area (Å²) in [6.45, 7) is 2.08. The van der Waals surface area contributed by atoms with Crippen LogP contribution in [-0.2, 0) is 29.4 Å². The highest BCUT2D eigenvalue weighted by atomic mass is 35.5. The molecule has 0 spiro atoms. The molecule has 1 aromatic rings. The van der Waals surface area contributed by atoms with E-state index in [1.165, 1.54) is 25.8 Å². The van der Waals surface area contributed by atoms with Crippen molar-refractivity contribution in [1.29, 1.82) is 0 Å². The number of hydrogen-bond donors (Lipinski definition) is 1. The monoisotopic (exact) mass is 424 g/mol. The summed E-state index contributed by atoms with van der Waals surface area (Å²) in [6, 6.07) is 6.03. The van der Waals surface area contributed by atoms with Gasteiger partial charge in [-0.05, 0) is 32.3 Å². The number of ketones is 1. The molecule has 29 heavy (non-hydrogen) atoms. The SMILES string of the molecule is CC(=O)NC(C)C(=O)OCOC(=O)N(C)C1(c2ccccc2Cl)CCCCC1=O. The van der Waals surface area contributed by atoms with Gasteiger partial charge >= 0.3 is 12.1 Å². The zero-order chi connectivity index (χ0) is 21.6. The molecule has 1 aliphatic rings. The van der Waals surface area contributed by atoms with Crippen LogP contribution in [0.4, 0.5) is 4.79 Å². The number of likely N-dealkylation sites (N-methyl/N-ethyl adjacent to an activating group) is 1. The fourth-order valence-electron chi connectivity index (χ4n) is 3.51. The van der Waals surface area contributed by atoms with E-state index < -0.39 is 30.4 Å². The number of Topliss-reactive ketones (excluding diaryl/α,β-unsaturated/α-hetero) is 1. The number of nitrogens with zero attached hydrogens (tertiary/aromatic N) is 1. The highest BCUT2D eigenvalue weighted by Gasteiger charge is 2.48. The molecular formula is C20H25ClN2O6. The number of carbonyl (C=O) groups excluding carboxylic acids is 4. The fourth-order valence-corrected chi connectivity index (χ4v) is 3.80. The zero-order valence-corrected chi connectivity index (χ0v) is 17.5. The number of halogens is 1. The van der Waals surface area contributed by atoms with Crippen LogP contribution in [0.2, 0.25) is 5.02 Å². The van der Waals surface area contributed by atoms with E-state index in [9.17, 15) is 19.2 Å². The standard InChI is InChI=1S/C20H25ClN2O6/c1-13(22-14(2)24)18(26)28-12-29-19(27)23(3)20(11-7-6-10-17(20)25)15-8-4-5-9-16(15)21/h4-5,8-9,13H,6-7,10-12H2,1-3H3,(H,22,24). The van der Waals surface area contributed by atoms with E-state index in [1.54, 1.807) is 24.3 Å². The molecule has 9 heteroatoms. The Kier molecular flexibility index (Phi) is 7.61. The van der Waals surface area contributed by atoms with Gasteiger partial charge in [0.05, 0.1) is 0 Å². The normalized spacial score (nSPS) is 19.8. The predicted molar refractivity (Wildman–Crippen MR) is 105 cm³/mol. The Morgan fingerprint density at radius 1 is 1.24 bits per heavy atom. The Balaban J connectivity index is 2.12. The van der Waals surface area contributed by atoms with Crippen LogP contribution in [0.5, 0.6) is 0 Å². The Bertz CT molecular complexity index is 799. The van der Waals surface area contributed by atoms with Gasteiger partial charge in [0.1, 0.15) is 11.6 Å². The second kappa shape index (κ2) is 9.73. The van der Waals surface area contributed by atoms with Gasteiger partial charge < -0.3 is 14.8 Å². The number of rotatable bonds is 6. The van der Waals surface area contributed by atoms with Crippen molar-refractivity contribution >= 4 is 35.4 Å². The summed E-state index contributed by atoms with van der Waals surface area (Å²) >= 11 is 6.35. The number of nitrogens with one attached hydrogen (secondary N) is 1. The number of carbonyl (C=O) groups is 4. The summed E-state index contributed by atoms with van der Waals surface area (Å²) in [5.41, 5.74) is -0.691. The molecule has 0 saturated heterocycles. The molecule has 1 saturated carbocycles. The molecule has 0 radical (unpaired) electrons. The van der Waals surface area contributed by atoms with Crippen molar-refractivity contribution in [3.63, 3.8) is 0 Å². The van der Waals surface area contributed by atoms with Crippen LogP contribution in [0.1, 0.15) is 45.1 Å². The van der Waals surface area contributed by atoms with Crippen LogP contribution >= 0.6 is 11.6 Å². The van der Waals surface area contributed by atoms with E-state index in [-0.39, 0.29) is 11.7 Å². The van der Waals surface area contributed by atoms with Crippen LogP contribution in [-0.4, -0.2) is 48.5 Å². The van der Waals surface area contributed by atoms with E-state index in [0.29, 0.717) is 23.4 Å². The molecule has 158 valence electrons. The molecule has 1 aliphatic carbocycles. The van der Waals surface area contributed by atoms with E-state index in [4.69, 9.17) is 21.1 Å². The smallest absolute Gasteiger partial charge is 0.413 e. The number of esters is 1. The largest absolute Gasteiger partial charge is 0.426 e. The molecule has 0 aliphatic heterocycles. The van der Waals surface area contributed by atoms with Gasteiger partial charge in [-0.3, -0.25) is 14.5 Å². The number of ether oxygens (including phenoxy) is 2. The quantitative estimate of drug-likeness (QED) is 0.556. The molecule has 0 bridgehead atoms. The molecule has 1 aromatic carbocycles. The molecular weight excluding hydrogens is 400 g/mol. The molecule has 8 nitrogen and oxygen atoms in total. The van der Waals surface area contributed by atoms with E-state index in [1.807, 2.05) is 0 Å². The summed E-state index contributed by atoms with van der Waals surface area (Å²) in [6.07, 6.45) is 1.41. The Morgan fingerprint density at radius 3 is 2.55 bits per heavy atom. The maximum Gasteiger partial charge on any atom is 0.413 e. The average molecular weight is 425 g/mol. The molecule has 1 N–H and O–H groups in total. The summed E-state index contributed by atoms with van der Waals surface area (Å²) in [7, 11) is 1.47. The van der Waals surface area contributed by atoms with E-state index in [2.05, 4.69) is 5.32 Å². The van der Waals surface area contributed by atoms with Gasteiger partial charge in [0.25, 0.3) is 0 Å².